The molecule has 0 saturated carbocycles. The summed E-state index contributed by atoms with van der Waals surface area (Å²) < 4.78 is 0. The molecule has 0 aromatic heterocycles. The van der Waals surface area contributed by atoms with E-state index in [0.29, 0.717) is 0 Å². The minimum absolute atomic E-state index is 0.279. The molecule has 0 amide bonds. The normalized spacial score (nSPS) is 14.9. The van der Waals surface area contributed by atoms with Crippen LogP contribution in [-0.4, -0.2) is 92.6 Å². The Labute approximate surface area is 300 Å². The number of hydrogen-bond acceptors (Lipinski definition) is 6. The van der Waals surface area contributed by atoms with E-state index in [9.17, 15) is 0 Å². The summed E-state index contributed by atoms with van der Waals surface area (Å²) in [6.07, 6.45) is 0. The van der Waals surface area contributed by atoms with Crippen molar-refractivity contribution in [2.24, 2.45) is 5.92 Å². The first-order valence-electron chi connectivity index (χ1n) is 17.6. The van der Waals surface area contributed by atoms with E-state index in [1.165, 1.54) is 83.1 Å². The van der Waals surface area contributed by atoms with Gasteiger partial charge in [-0.1, -0.05) is 41.5 Å². The van der Waals surface area contributed by atoms with E-state index in [1.54, 1.807) is 5.20 Å². The third kappa shape index (κ3) is 6.24. The van der Waals surface area contributed by atoms with Crippen molar-refractivity contribution < 1.29 is 0 Å². The van der Waals surface area contributed by atoms with E-state index < -0.39 is 8.07 Å². The molecule has 4 rings (SSSR count). The molecule has 3 aromatic carbocycles. The molecule has 1 atom stereocenters. The first kappa shape index (κ1) is 38.0. The monoisotopic (exact) mass is 680 g/mol. The SMILES string of the molecule is CC1=C(C)C(C)C([Si](c2cc(C)cc(N(C)C)c2N(C)C)(c2cc(C)cc(N(C)C)c2N(C)C)c2cc(C)cc(N(C)C)c2N(C)C)=C1C. The molecule has 0 aliphatic heterocycles. The lowest BCUT2D eigenvalue weighted by Gasteiger charge is -2.45. The average molecular weight is 681 g/mol. The zero-order chi connectivity index (χ0) is 37.0. The van der Waals surface area contributed by atoms with Crippen LogP contribution in [0.15, 0.2) is 58.3 Å². The van der Waals surface area contributed by atoms with Crippen LogP contribution in [0, 0.1) is 26.7 Å². The second kappa shape index (κ2) is 13.8. The maximum atomic E-state index is 2.55. The Balaban J connectivity index is 2.62. The van der Waals surface area contributed by atoms with E-state index in [2.05, 4.69) is 199 Å². The van der Waals surface area contributed by atoms with Gasteiger partial charge in [-0.3, -0.25) is 0 Å². The molecule has 0 saturated heterocycles. The number of hydrogen-bond donors (Lipinski definition) is 0. The Kier molecular flexibility index (Phi) is 10.7. The van der Waals surface area contributed by atoms with Crippen molar-refractivity contribution in [2.45, 2.75) is 48.5 Å². The van der Waals surface area contributed by atoms with Gasteiger partial charge >= 0.3 is 0 Å². The fourth-order valence-corrected chi connectivity index (χ4v) is 15.2. The molecule has 0 radical (unpaired) electrons. The van der Waals surface area contributed by atoms with E-state index in [1.807, 2.05) is 0 Å². The fraction of sp³-hybridized carbons (Fsp3) is 0.476. The van der Waals surface area contributed by atoms with Gasteiger partial charge in [0.1, 0.15) is 0 Å². The summed E-state index contributed by atoms with van der Waals surface area (Å²) in [4.78, 5) is 14.1. The van der Waals surface area contributed by atoms with E-state index in [4.69, 9.17) is 0 Å². The molecule has 0 spiro atoms. The summed E-state index contributed by atoms with van der Waals surface area (Å²) in [5.41, 5.74) is 15.9. The Morgan fingerprint density at radius 3 is 0.898 bits per heavy atom. The Morgan fingerprint density at radius 2 is 0.694 bits per heavy atom. The van der Waals surface area contributed by atoms with Gasteiger partial charge in [0, 0.05) is 84.6 Å². The molecule has 266 valence electrons. The number of aryl methyl sites for hydroxylation is 3. The summed E-state index contributed by atoms with van der Waals surface area (Å²) >= 11 is 0. The van der Waals surface area contributed by atoms with Crippen LogP contribution < -0.4 is 45.0 Å². The number of anilines is 6. The number of benzene rings is 3. The lowest BCUT2D eigenvalue weighted by Crippen LogP contribution is -2.71. The highest BCUT2D eigenvalue weighted by atomic mass is 28.3. The molecule has 6 nitrogen and oxygen atoms in total. The Morgan fingerprint density at radius 1 is 0.408 bits per heavy atom. The van der Waals surface area contributed by atoms with Crippen LogP contribution in [-0.2, 0) is 0 Å². The summed E-state index contributed by atoms with van der Waals surface area (Å²) in [7, 11) is 23.3. The quantitative estimate of drug-likeness (QED) is 0.183. The predicted molar refractivity (Wildman–Crippen MR) is 224 cm³/mol. The van der Waals surface area contributed by atoms with Gasteiger partial charge in [-0.2, -0.15) is 0 Å². The lowest BCUT2D eigenvalue weighted by molar-refractivity contribution is 0.851. The third-order valence-electron chi connectivity index (χ3n) is 10.7. The fourth-order valence-electron chi connectivity index (χ4n) is 8.41. The van der Waals surface area contributed by atoms with Crippen LogP contribution in [0.4, 0.5) is 34.1 Å². The highest BCUT2D eigenvalue weighted by molar-refractivity contribution is 7.18. The van der Waals surface area contributed by atoms with Gasteiger partial charge in [-0.15, -0.1) is 0 Å². The molecule has 0 heterocycles. The number of rotatable bonds is 10. The zero-order valence-corrected chi connectivity index (χ0v) is 35.2. The molecular weight excluding hydrogens is 617 g/mol. The van der Waals surface area contributed by atoms with E-state index in [0.717, 1.165) is 0 Å². The lowest BCUT2D eigenvalue weighted by atomic mass is 10.1. The van der Waals surface area contributed by atoms with Crippen molar-refractivity contribution >= 4 is 57.8 Å². The Bertz CT molecular complexity index is 1640. The molecule has 0 N–H and O–H groups in total. The van der Waals surface area contributed by atoms with Crippen LogP contribution in [0.25, 0.3) is 0 Å². The molecular formula is C42H64N6Si. The zero-order valence-electron chi connectivity index (χ0n) is 34.2. The second-order valence-electron chi connectivity index (χ2n) is 15.7. The summed E-state index contributed by atoms with van der Waals surface area (Å²) in [6.45, 7) is 16.5. The standard InChI is InChI=1S/C42H64N6Si/c1-26-20-33(43(8)9)39(46(14)15)36(23-26)49(42-31(6)29(4)30(5)32(42)7,37-24-27(2)21-34(44(10)11)40(37)47(16)17)38-25-28(3)22-35(45(12)13)41(38)48(18)19/h20-25,31H,1-19H3. The summed E-state index contributed by atoms with van der Waals surface area (Å²) in [6, 6.07) is 14.8. The third-order valence-corrected chi connectivity index (χ3v) is 15.9. The Hall–Kier alpha value is -3.84. The highest BCUT2D eigenvalue weighted by Crippen LogP contribution is 2.46. The van der Waals surface area contributed by atoms with Crippen molar-refractivity contribution in [3.8, 4) is 0 Å². The van der Waals surface area contributed by atoms with Crippen molar-refractivity contribution in [3.05, 3.63) is 75.0 Å². The average Bonchev–Trinajstić information content (AvgIpc) is 3.18. The number of allylic oxidation sites excluding steroid dienone is 4. The van der Waals surface area contributed by atoms with Crippen LogP contribution in [0.5, 0.6) is 0 Å². The smallest absolute Gasteiger partial charge is 0.183 e. The van der Waals surface area contributed by atoms with Crippen molar-refractivity contribution in [3.63, 3.8) is 0 Å². The van der Waals surface area contributed by atoms with Crippen molar-refractivity contribution in [2.75, 3.05) is 114 Å². The maximum absolute atomic E-state index is 3.22. The first-order chi connectivity index (χ1) is 22.7. The second-order valence-corrected chi connectivity index (χ2v) is 19.4. The first-order valence-corrected chi connectivity index (χ1v) is 19.6. The van der Waals surface area contributed by atoms with Gasteiger partial charge in [0.25, 0.3) is 0 Å². The molecule has 0 fully saturated rings. The van der Waals surface area contributed by atoms with Gasteiger partial charge in [-0.25, -0.2) is 0 Å². The minimum atomic E-state index is -3.22. The summed E-state index contributed by atoms with van der Waals surface area (Å²) in [5.74, 6) is 0.279. The number of nitrogens with zero attached hydrogens (tertiary/aromatic N) is 6. The van der Waals surface area contributed by atoms with Crippen LogP contribution in [0.1, 0.15) is 44.4 Å². The van der Waals surface area contributed by atoms with Gasteiger partial charge in [-0.05, 0) is 103 Å². The highest BCUT2D eigenvalue weighted by Gasteiger charge is 2.53. The van der Waals surface area contributed by atoms with Crippen LogP contribution in [0.3, 0.4) is 0 Å². The largest absolute Gasteiger partial charge is 0.376 e. The van der Waals surface area contributed by atoms with E-state index >= 15 is 0 Å². The molecule has 1 unspecified atom stereocenters. The molecule has 7 heteroatoms. The van der Waals surface area contributed by atoms with Gasteiger partial charge in [0.05, 0.1) is 34.1 Å². The van der Waals surface area contributed by atoms with Crippen LogP contribution in [0.2, 0.25) is 0 Å². The van der Waals surface area contributed by atoms with Crippen LogP contribution >= 0.6 is 0 Å². The topological polar surface area (TPSA) is 19.4 Å². The molecule has 1 aliphatic rings. The van der Waals surface area contributed by atoms with Gasteiger partial charge in [0.15, 0.2) is 8.07 Å². The van der Waals surface area contributed by atoms with E-state index in [-0.39, 0.29) is 5.92 Å². The van der Waals surface area contributed by atoms with Gasteiger partial charge < -0.3 is 29.4 Å². The van der Waals surface area contributed by atoms with Crippen molar-refractivity contribution in [1.29, 1.82) is 0 Å². The minimum Gasteiger partial charge on any atom is -0.376 e. The molecule has 3 aromatic rings. The van der Waals surface area contributed by atoms with Crippen molar-refractivity contribution in [1.82, 2.24) is 0 Å². The predicted octanol–water partition coefficient (Wildman–Crippen LogP) is 6.32. The molecule has 49 heavy (non-hydrogen) atoms. The van der Waals surface area contributed by atoms with Gasteiger partial charge in [0.2, 0.25) is 0 Å². The molecule has 1 aliphatic carbocycles. The maximum Gasteiger partial charge on any atom is 0.183 e. The molecule has 0 bridgehead atoms. The summed E-state index contributed by atoms with van der Waals surface area (Å²) in [5, 5.41) is 5.93.